The van der Waals surface area contributed by atoms with E-state index in [1.807, 2.05) is 6.07 Å². The molecule has 4 heteroatoms. The van der Waals surface area contributed by atoms with Gasteiger partial charge in [-0.15, -0.1) is 0 Å². The summed E-state index contributed by atoms with van der Waals surface area (Å²) < 4.78 is 0. The normalized spacial score (nSPS) is 10.9. The zero-order chi connectivity index (χ0) is 16.2. The lowest BCUT2D eigenvalue weighted by Crippen LogP contribution is -2.26. The topological polar surface area (TPSA) is 69.7 Å². The second-order valence-electron chi connectivity index (χ2n) is 5.79. The van der Waals surface area contributed by atoms with Crippen molar-refractivity contribution in [2.24, 2.45) is 0 Å². The van der Waals surface area contributed by atoms with E-state index in [9.17, 15) is 0 Å². The Morgan fingerprint density at radius 2 is 1.50 bits per heavy atom. The van der Waals surface area contributed by atoms with E-state index in [-0.39, 0.29) is 13.2 Å². The number of nitrogens with zero attached hydrogens (tertiary/aromatic N) is 1. The molecule has 0 unspecified atom stereocenters. The summed E-state index contributed by atoms with van der Waals surface area (Å²) in [6.45, 7) is 4.69. The maximum Gasteiger partial charge on any atom is 0.0431 e. The van der Waals surface area contributed by atoms with Crippen molar-refractivity contribution in [3.8, 4) is 0 Å². The molecule has 4 N–H and O–H groups in total. The van der Waals surface area contributed by atoms with Gasteiger partial charge >= 0.3 is 0 Å². The van der Waals surface area contributed by atoms with Gasteiger partial charge in [0.25, 0.3) is 0 Å². The van der Waals surface area contributed by atoms with Crippen molar-refractivity contribution in [3.63, 3.8) is 0 Å². The fraction of sp³-hybridized carbons (Fsp3) is 0.667. The summed E-state index contributed by atoms with van der Waals surface area (Å²) in [4.78, 5) is 2.41. The van der Waals surface area contributed by atoms with Gasteiger partial charge in [0.05, 0.1) is 0 Å². The number of hydrogen-bond donors (Lipinski definition) is 3. The summed E-state index contributed by atoms with van der Waals surface area (Å²) in [5.41, 5.74) is 9.31. The first kappa shape index (κ1) is 18.8. The first-order valence-electron chi connectivity index (χ1n) is 8.58. The fourth-order valence-electron chi connectivity index (χ4n) is 2.65. The van der Waals surface area contributed by atoms with E-state index < -0.39 is 0 Å². The minimum absolute atomic E-state index is 0.276. The van der Waals surface area contributed by atoms with Crippen molar-refractivity contribution in [1.29, 1.82) is 0 Å². The molecule has 1 aromatic carbocycles. The standard InChI is InChI=1S/C18H32N2O2/c1-2-16-15-17(9-10-18(16)19)20(11-5-3-7-13-21)12-6-4-8-14-22/h9-10,15,21-22H,2-8,11-14,19H2,1H3. The van der Waals surface area contributed by atoms with E-state index >= 15 is 0 Å². The van der Waals surface area contributed by atoms with E-state index in [4.69, 9.17) is 15.9 Å². The number of aryl methyl sites for hydroxylation is 1. The Balaban J connectivity index is 2.65. The van der Waals surface area contributed by atoms with E-state index in [0.717, 1.165) is 63.7 Å². The van der Waals surface area contributed by atoms with Crippen LogP contribution in [0.5, 0.6) is 0 Å². The van der Waals surface area contributed by atoms with Crippen LogP contribution in [0.25, 0.3) is 0 Å². The maximum atomic E-state index is 8.90. The Labute approximate surface area is 134 Å². The maximum absolute atomic E-state index is 8.90. The number of benzene rings is 1. The van der Waals surface area contributed by atoms with Gasteiger partial charge in [-0.25, -0.2) is 0 Å². The molecule has 0 amide bonds. The molecule has 126 valence electrons. The lowest BCUT2D eigenvalue weighted by Gasteiger charge is -2.26. The first-order valence-corrected chi connectivity index (χ1v) is 8.58. The van der Waals surface area contributed by atoms with Crippen molar-refractivity contribution in [2.75, 3.05) is 36.9 Å². The summed E-state index contributed by atoms with van der Waals surface area (Å²) >= 11 is 0. The number of unbranched alkanes of at least 4 members (excludes halogenated alkanes) is 4. The summed E-state index contributed by atoms with van der Waals surface area (Å²) in [5, 5.41) is 17.8. The molecule has 4 nitrogen and oxygen atoms in total. The summed E-state index contributed by atoms with van der Waals surface area (Å²) in [5.74, 6) is 0. The van der Waals surface area contributed by atoms with Crippen LogP contribution in [0.4, 0.5) is 11.4 Å². The number of nitrogens with two attached hydrogens (primary N) is 1. The van der Waals surface area contributed by atoms with Gasteiger partial charge < -0.3 is 20.8 Å². The number of rotatable bonds is 12. The Bertz CT molecular complexity index is 398. The van der Waals surface area contributed by atoms with Gasteiger partial charge in [0.1, 0.15) is 0 Å². The molecule has 0 aromatic heterocycles. The second kappa shape index (κ2) is 11.3. The lowest BCUT2D eigenvalue weighted by molar-refractivity contribution is 0.282. The van der Waals surface area contributed by atoms with Crippen molar-refractivity contribution < 1.29 is 10.2 Å². The number of aliphatic hydroxyl groups is 2. The van der Waals surface area contributed by atoms with E-state index in [0.29, 0.717) is 0 Å². The van der Waals surface area contributed by atoms with Gasteiger partial charge in [-0.05, 0) is 68.7 Å². The van der Waals surface area contributed by atoms with Crippen molar-refractivity contribution in [3.05, 3.63) is 23.8 Å². The average Bonchev–Trinajstić information content (AvgIpc) is 2.54. The van der Waals surface area contributed by atoms with Crippen LogP contribution in [0, 0.1) is 0 Å². The summed E-state index contributed by atoms with van der Waals surface area (Å²) in [6.07, 6.45) is 6.99. The van der Waals surface area contributed by atoms with Crippen molar-refractivity contribution >= 4 is 11.4 Å². The summed E-state index contributed by atoms with van der Waals surface area (Å²) in [7, 11) is 0. The van der Waals surface area contributed by atoms with Crippen LogP contribution in [0.15, 0.2) is 18.2 Å². The average molecular weight is 308 g/mol. The lowest BCUT2D eigenvalue weighted by atomic mass is 10.1. The molecule has 0 saturated heterocycles. The molecule has 0 fully saturated rings. The molecular weight excluding hydrogens is 276 g/mol. The van der Waals surface area contributed by atoms with Crippen LogP contribution in [0.2, 0.25) is 0 Å². The highest BCUT2D eigenvalue weighted by Gasteiger charge is 2.08. The molecule has 0 aliphatic rings. The molecule has 22 heavy (non-hydrogen) atoms. The van der Waals surface area contributed by atoms with Gasteiger partial charge in [-0.3, -0.25) is 0 Å². The number of anilines is 2. The number of nitrogen functional groups attached to an aromatic ring is 1. The van der Waals surface area contributed by atoms with E-state index in [1.54, 1.807) is 0 Å². The molecule has 0 spiro atoms. The van der Waals surface area contributed by atoms with Crippen molar-refractivity contribution in [1.82, 2.24) is 0 Å². The minimum Gasteiger partial charge on any atom is -0.399 e. The largest absolute Gasteiger partial charge is 0.399 e. The SMILES string of the molecule is CCc1cc(N(CCCCCO)CCCCCO)ccc1N. The third-order valence-electron chi connectivity index (χ3n) is 4.04. The Morgan fingerprint density at radius 1 is 0.909 bits per heavy atom. The van der Waals surface area contributed by atoms with Crippen LogP contribution in [0.3, 0.4) is 0 Å². The molecule has 0 aliphatic carbocycles. The van der Waals surface area contributed by atoms with Crippen LogP contribution < -0.4 is 10.6 Å². The first-order chi connectivity index (χ1) is 10.7. The highest BCUT2D eigenvalue weighted by atomic mass is 16.3. The molecule has 0 aliphatic heterocycles. The predicted molar refractivity (Wildman–Crippen MR) is 94.3 cm³/mol. The molecule has 0 heterocycles. The number of hydrogen-bond acceptors (Lipinski definition) is 4. The van der Waals surface area contributed by atoms with Crippen molar-refractivity contribution in [2.45, 2.75) is 51.9 Å². The predicted octanol–water partition coefficient (Wildman–Crippen LogP) is 2.96. The van der Waals surface area contributed by atoms with Gasteiger partial charge in [0, 0.05) is 37.7 Å². The monoisotopic (exact) mass is 308 g/mol. The number of aliphatic hydroxyl groups excluding tert-OH is 2. The van der Waals surface area contributed by atoms with E-state index in [2.05, 4.69) is 24.0 Å². The quantitative estimate of drug-likeness (QED) is 0.410. The third-order valence-corrected chi connectivity index (χ3v) is 4.04. The molecule has 0 saturated carbocycles. The molecule has 1 rings (SSSR count). The molecule has 0 radical (unpaired) electrons. The van der Waals surface area contributed by atoms with Crippen LogP contribution in [0.1, 0.15) is 51.0 Å². The highest BCUT2D eigenvalue weighted by Crippen LogP contribution is 2.23. The van der Waals surface area contributed by atoms with E-state index in [1.165, 1.54) is 11.3 Å². The third kappa shape index (κ3) is 6.67. The minimum atomic E-state index is 0.276. The molecule has 0 atom stereocenters. The van der Waals surface area contributed by atoms with Gasteiger partial charge in [0.2, 0.25) is 0 Å². The van der Waals surface area contributed by atoms with Gasteiger partial charge in [0.15, 0.2) is 0 Å². The Morgan fingerprint density at radius 3 is 2.00 bits per heavy atom. The molecule has 0 bridgehead atoms. The Kier molecular flexibility index (Phi) is 9.67. The highest BCUT2D eigenvalue weighted by molar-refractivity contribution is 5.58. The van der Waals surface area contributed by atoms with Gasteiger partial charge in [-0.1, -0.05) is 6.92 Å². The van der Waals surface area contributed by atoms with Crippen LogP contribution in [-0.4, -0.2) is 36.5 Å². The van der Waals surface area contributed by atoms with Crippen LogP contribution in [-0.2, 0) is 6.42 Å². The Hall–Kier alpha value is -1.26. The zero-order valence-electron chi connectivity index (χ0n) is 13.9. The molecule has 1 aromatic rings. The van der Waals surface area contributed by atoms with Crippen LogP contribution >= 0.6 is 0 Å². The van der Waals surface area contributed by atoms with Gasteiger partial charge in [-0.2, -0.15) is 0 Å². The fourth-order valence-corrected chi connectivity index (χ4v) is 2.65. The zero-order valence-corrected chi connectivity index (χ0v) is 13.9. The molecular formula is C18H32N2O2. The second-order valence-corrected chi connectivity index (χ2v) is 5.79. The smallest absolute Gasteiger partial charge is 0.0431 e. The summed E-state index contributed by atoms with van der Waals surface area (Å²) in [6, 6.07) is 6.31.